The molecule has 0 bridgehead atoms. The van der Waals surface area contributed by atoms with Gasteiger partial charge in [0, 0.05) is 18.5 Å². The van der Waals surface area contributed by atoms with Crippen molar-refractivity contribution in [2.24, 2.45) is 0 Å². The Hall–Kier alpha value is -2.29. The van der Waals surface area contributed by atoms with E-state index in [2.05, 4.69) is 13.2 Å². The molecule has 2 rings (SSSR count). The second-order valence-electron chi connectivity index (χ2n) is 3.94. The van der Waals surface area contributed by atoms with Crippen LogP contribution in [0.3, 0.4) is 0 Å². The molecule has 0 aliphatic carbocycles. The van der Waals surface area contributed by atoms with E-state index in [0.29, 0.717) is 24.4 Å². The maximum atomic E-state index is 11.9. The van der Waals surface area contributed by atoms with Crippen molar-refractivity contribution >= 4 is 16.7 Å². The van der Waals surface area contributed by atoms with E-state index in [0.717, 1.165) is 5.39 Å². The minimum atomic E-state index is -0.336. The zero-order valence-corrected chi connectivity index (χ0v) is 10.1. The number of rotatable bonds is 5. The second kappa shape index (κ2) is 5.36. The van der Waals surface area contributed by atoms with Crippen molar-refractivity contribution in [3.05, 3.63) is 66.1 Å². The number of para-hydroxylation sites is 1. The smallest absolute Gasteiger partial charge is 0.360 e. The van der Waals surface area contributed by atoms with Gasteiger partial charge in [-0.1, -0.05) is 30.4 Å². The molecule has 1 aromatic heterocycles. The highest BCUT2D eigenvalue weighted by Crippen LogP contribution is 2.17. The normalized spacial score (nSPS) is 10.2. The van der Waals surface area contributed by atoms with Crippen LogP contribution in [0.2, 0.25) is 0 Å². The fourth-order valence-corrected chi connectivity index (χ4v) is 1.85. The minimum Gasteiger partial charge on any atom is -0.421 e. The summed E-state index contributed by atoms with van der Waals surface area (Å²) in [6.45, 7) is 8.54. The molecule has 0 saturated heterocycles. The number of hydrogen-bond acceptors (Lipinski definition) is 3. The molecule has 0 spiro atoms. The van der Waals surface area contributed by atoms with E-state index >= 15 is 0 Å². The molecule has 1 heterocycles. The summed E-state index contributed by atoms with van der Waals surface area (Å²) < 4.78 is 5.30. The van der Waals surface area contributed by atoms with Gasteiger partial charge in [-0.3, -0.25) is 0 Å². The summed E-state index contributed by atoms with van der Waals surface area (Å²) in [5.41, 5.74) is 0.800. The zero-order chi connectivity index (χ0) is 13.0. The SMILES string of the molecule is C=CCN(CC=C)c1cc2ccccc2oc1=O. The van der Waals surface area contributed by atoms with Gasteiger partial charge in [0.2, 0.25) is 0 Å². The molecule has 0 atom stereocenters. The standard InChI is InChI=1S/C15H15NO2/c1-3-9-16(10-4-2)13-11-12-7-5-6-8-14(12)18-15(13)17/h3-8,11H,1-2,9-10H2. The van der Waals surface area contributed by atoms with Crippen molar-refractivity contribution in [2.45, 2.75) is 0 Å². The molecule has 92 valence electrons. The number of benzene rings is 1. The molecule has 3 heteroatoms. The van der Waals surface area contributed by atoms with E-state index in [1.807, 2.05) is 29.2 Å². The van der Waals surface area contributed by atoms with Crippen LogP contribution >= 0.6 is 0 Å². The largest absolute Gasteiger partial charge is 0.421 e. The third-order valence-corrected chi connectivity index (χ3v) is 2.66. The van der Waals surface area contributed by atoms with Gasteiger partial charge < -0.3 is 9.32 Å². The summed E-state index contributed by atoms with van der Waals surface area (Å²) >= 11 is 0. The molecule has 18 heavy (non-hydrogen) atoms. The molecule has 0 radical (unpaired) electrons. The van der Waals surface area contributed by atoms with Crippen molar-refractivity contribution < 1.29 is 4.42 Å². The van der Waals surface area contributed by atoms with Gasteiger partial charge in [0.05, 0.1) is 0 Å². The summed E-state index contributed by atoms with van der Waals surface area (Å²) in [6.07, 6.45) is 3.50. The summed E-state index contributed by atoms with van der Waals surface area (Å²) in [4.78, 5) is 13.8. The first kappa shape index (κ1) is 12.2. The quantitative estimate of drug-likeness (QED) is 0.596. The van der Waals surface area contributed by atoms with Gasteiger partial charge in [0.15, 0.2) is 0 Å². The Balaban J connectivity index is 2.54. The molecule has 0 aliphatic heterocycles. The summed E-state index contributed by atoms with van der Waals surface area (Å²) in [5.74, 6) is 0. The molecule has 0 saturated carbocycles. The fourth-order valence-electron chi connectivity index (χ4n) is 1.85. The lowest BCUT2D eigenvalue weighted by molar-refractivity contribution is 0.559. The van der Waals surface area contributed by atoms with Gasteiger partial charge in [0.25, 0.3) is 0 Å². The first-order valence-corrected chi connectivity index (χ1v) is 5.76. The topological polar surface area (TPSA) is 33.5 Å². The lowest BCUT2D eigenvalue weighted by Gasteiger charge is -2.20. The van der Waals surface area contributed by atoms with Crippen LogP contribution in [0, 0.1) is 0 Å². The highest BCUT2D eigenvalue weighted by Gasteiger charge is 2.10. The summed E-state index contributed by atoms with van der Waals surface area (Å²) in [5, 5.41) is 0.908. The first-order valence-electron chi connectivity index (χ1n) is 5.76. The molecule has 0 unspecified atom stereocenters. The highest BCUT2D eigenvalue weighted by atomic mass is 16.4. The predicted octanol–water partition coefficient (Wildman–Crippen LogP) is 2.97. The number of fused-ring (bicyclic) bond motifs is 1. The molecule has 0 N–H and O–H groups in total. The van der Waals surface area contributed by atoms with E-state index in [-0.39, 0.29) is 5.63 Å². The predicted molar refractivity (Wildman–Crippen MR) is 75.1 cm³/mol. The second-order valence-corrected chi connectivity index (χ2v) is 3.94. The minimum absolute atomic E-state index is 0.336. The van der Waals surface area contributed by atoms with E-state index in [4.69, 9.17) is 4.42 Å². The van der Waals surface area contributed by atoms with Crippen molar-refractivity contribution in [3.8, 4) is 0 Å². The number of anilines is 1. The van der Waals surface area contributed by atoms with E-state index < -0.39 is 0 Å². The average molecular weight is 241 g/mol. The molecule has 0 amide bonds. The van der Waals surface area contributed by atoms with Crippen LogP contribution in [0.1, 0.15) is 0 Å². The molecule has 3 nitrogen and oxygen atoms in total. The Morgan fingerprint density at radius 2 is 1.83 bits per heavy atom. The van der Waals surface area contributed by atoms with Crippen LogP contribution in [0.5, 0.6) is 0 Å². The van der Waals surface area contributed by atoms with Crippen LogP contribution in [0.4, 0.5) is 5.69 Å². The maximum absolute atomic E-state index is 11.9. The van der Waals surface area contributed by atoms with Crippen LogP contribution in [-0.4, -0.2) is 13.1 Å². The third-order valence-electron chi connectivity index (χ3n) is 2.66. The lowest BCUT2D eigenvalue weighted by atomic mass is 10.2. The van der Waals surface area contributed by atoms with Crippen molar-refractivity contribution in [2.75, 3.05) is 18.0 Å². The van der Waals surface area contributed by atoms with Gasteiger partial charge in [-0.05, 0) is 12.1 Å². The molecule has 1 aromatic carbocycles. The first-order chi connectivity index (χ1) is 8.76. The fraction of sp³-hybridized carbons (Fsp3) is 0.133. The third kappa shape index (κ3) is 2.35. The molecule has 0 aliphatic rings. The van der Waals surface area contributed by atoms with Crippen LogP contribution < -0.4 is 10.5 Å². The van der Waals surface area contributed by atoms with Crippen LogP contribution in [0.15, 0.2) is 64.9 Å². The Labute approximate surface area is 106 Å². The highest BCUT2D eigenvalue weighted by molar-refractivity contribution is 5.79. The average Bonchev–Trinajstić information content (AvgIpc) is 2.38. The van der Waals surface area contributed by atoms with Crippen LogP contribution in [-0.2, 0) is 0 Å². The van der Waals surface area contributed by atoms with E-state index in [1.165, 1.54) is 0 Å². The maximum Gasteiger partial charge on any atom is 0.360 e. The van der Waals surface area contributed by atoms with E-state index in [1.54, 1.807) is 18.2 Å². The molecule has 0 fully saturated rings. The van der Waals surface area contributed by atoms with Gasteiger partial charge in [0.1, 0.15) is 11.3 Å². The Morgan fingerprint density at radius 1 is 1.17 bits per heavy atom. The van der Waals surface area contributed by atoms with Crippen LogP contribution in [0.25, 0.3) is 11.0 Å². The van der Waals surface area contributed by atoms with Crippen molar-refractivity contribution in [3.63, 3.8) is 0 Å². The number of nitrogens with zero attached hydrogens (tertiary/aromatic N) is 1. The molecular formula is C15H15NO2. The van der Waals surface area contributed by atoms with Gasteiger partial charge >= 0.3 is 5.63 Å². The zero-order valence-electron chi connectivity index (χ0n) is 10.1. The van der Waals surface area contributed by atoms with Crippen molar-refractivity contribution in [1.82, 2.24) is 0 Å². The summed E-state index contributed by atoms with van der Waals surface area (Å²) in [7, 11) is 0. The van der Waals surface area contributed by atoms with Gasteiger partial charge in [-0.2, -0.15) is 0 Å². The van der Waals surface area contributed by atoms with Gasteiger partial charge in [-0.25, -0.2) is 4.79 Å². The Bertz CT molecular complexity index is 618. The lowest BCUT2D eigenvalue weighted by Crippen LogP contribution is -2.28. The molecule has 2 aromatic rings. The monoisotopic (exact) mass is 241 g/mol. The van der Waals surface area contributed by atoms with E-state index in [9.17, 15) is 4.79 Å². The van der Waals surface area contributed by atoms with Gasteiger partial charge in [-0.15, -0.1) is 13.2 Å². The Morgan fingerprint density at radius 3 is 2.50 bits per heavy atom. The summed E-state index contributed by atoms with van der Waals surface area (Å²) in [6, 6.07) is 9.30. The number of hydrogen-bond donors (Lipinski definition) is 0. The Kier molecular flexibility index (Phi) is 3.63. The van der Waals surface area contributed by atoms with Crippen molar-refractivity contribution in [1.29, 1.82) is 0 Å². The molecular weight excluding hydrogens is 226 g/mol.